The fourth-order valence-corrected chi connectivity index (χ4v) is 3.09. The molecule has 0 nitrogen and oxygen atoms in total. The zero-order chi connectivity index (χ0) is 9.52. The highest BCUT2D eigenvalue weighted by atomic mass is 32.4. The summed E-state index contributed by atoms with van der Waals surface area (Å²) >= 11 is 5.45. The lowest BCUT2D eigenvalue weighted by Gasteiger charge is -1.90. The second-order valence-corrected chi connectivity index (χ2v) is 5.91. The summed E-state index contributed by atoms with van der Waals surface area (Å²) in [5.41, 5.74) is 0. The highest BCUT2D eigenvalue weighted by Crippen LogP contribution is 2.21. The van der Waals surface area contributed by atoms with Crippen LogP contribution in [-0.2, 0) is 11.8 Å². The van der Waals surface area contributed by atoms with Gasteiger partial charge in [-0.05, 0) is 25.0 Å². The van der Waals surface area contributed by atoms with Crippen molar-refractivity contribution in [2.24, 2.45) is 0 Å². The molecule has 1 rings (SSSR count). The van der Waals surface area contributed by atoms with Gasteiger partial charge in [-0.1, -0.05) is 24.3 Å². The van der Waals surface area contributed by atoms with Crippen LogP contribution in [0.4, 0.5) is 0 Å². The Labute approximate surface area is 86.1 Å². The maximum Gasteiger partial charge on any atom is 0.212 e. The molecule has 0 amide bonds. The van der Waals surface area contributed by atoms with Crippen LogP contribution in [0.1, 0.15) is 12.8 Å². The SMILES string of the molecule is C=CCCC[P+](=S)c1ccccc1. The smallest absolute Gasteiger partial charge is 0.103 e. The highest BCUT2D eigenvalue weighted by Gasteiger charge is 2.11. The molecule has 0 bridgehead atoms. The number of rotatable bonds is 5. The van der Waals surface area contributed by atoms with Crippen molar-refractivity contribution in [1.29, 1.82) is 0 Å². The molecule has 1 atom stereocenters. The molecule has 2 heteroatoms. The van der Waals surface area contributed by atoms with Crippen molar-refractivity contribution in [3.8, 4) is 0 Å². The molecule has 0 aliphatic rings. The monoisotopic (exact) mass is 209 g/mol. The molecule has 0 aliphatic carbocycles. The van der Waals surface area contributed by atoms with E-state index in [0.717, 1.165) is 12.6 Å². The third-order valence-electron chi connectivity index (χ3n) is 1.81. The third kappa shape index (κ3) is 3.80. The molecule has 68 valence electrons. The highest BCUT2D eigenvalue weighted by molar-refractivity contribution is 8.08. The van der Waals surface area contributed by atoms with Gasteiger partial charge in [0.25, 0.3) is 0 Å². The maximum absolute atomic E-state index is 5.45. The van der Waals surface area contributed by atoms with E-state index in [9.17, 15) is 0 Å². The fraction of sp³-hybridized carbons (Fsp3) is 0.273. The molecule has 0 saturated carbocycles. The first-order valence-electron chi connectivity index (χ1n) is 4.45. The molecule has 0 aromatic heterocycles. The van der Waals surface area contributed by atoms with E-state index in [0.29, 0.717) is 0 Å². The summed E-state index contributed by atoms with van der Waals surface area (Å²) in [6.07, 6.45) is 5.36. The van der Waals surface area contributed by atoms with Crippen molar-refractivity contribution in [1.82, 2.24) is 0 Å². The predicted molar refractivity (Wildman–Crippen MR) is 64.7 cm³/mol. The van der Waals surface area contributed by atoms with Gasteiger partial charge in [-0.15, -0.1) is 6.58 Å². The van der Waals surface area contributed by atoms with Gasteiger partial charge in [0.2, 0.25) is 6.70 Å². The average Bonchev–Trinajstić information content (AvgIpc) is 2.19. The molecule has 0 fully saturated rings. The van der Waals surface area contributed by atoms with Gasteiger partial charge < -0.3 is 0 Å². The standard InChI is InChI=1S/C11H14PS/c1-2-3-7-10-12(13)11-8-5-4-6-9-11/h2,4-6,8-9H,1,3,7,10H2/q+1. The van der Waals surface area contributed by atoms with E-state index in [2.05, 4.69) is 30.8 Å². The Morgan fingerprint density at radius 1 is 1.31 bits per heavy atom. The van der Waals surface area contributed by atoms with Crippen LogP contribution in [0.15, 0.2) is 43.0 Å². The summed E-state index contributed by atoms with van der Waals surface area (Å²) < 4.78 is 0. The Morgan fingerprint density at radius 3 is 2.62 bits per heavy atom. The summed E-state index contributed by atoms with van der Waals surface area (Å²) in [6, 6.07) is 10.4. The number of allylic oxidation sites excluding steroid dienone is 1. The Kier molecular flexibility index (Phi) is 4.88. The molecule has 0 spiro atoms. The zero-order valence-corrected chi connectivity index (χ0v) is 9.36. The van der Waals surface area contributed by atoms with Crippen molar-refractivity contribution in [3.63, 3.8) is 0 Å². The molecule has 0 aliphatic heterocycles. The largest absolute Gasteiger partial charge is 0.212 e. The molecule has 1 aromatic rings. The van der Waals surface area contributed by atoms with Crippen molar-refractivity contribution in [3.05, 3.63) is 43.0 Å². The molecule has 13 heavy (non-hydrogen) atoms. The average molecular weight is 209 g/mol. The van der Waals surface area contributed by atoms with Gasteiger partial charge >= 0.3 is 0 Å². The van der Waals surface area contributed by atoms with Gasteiger partial charge in [0.05, 0.1) is 0 Å². The number of benzene rings is 1. The normalized spacial score (nSPS) is 10.9. The fourth-order valence-electron chi connectivity index (χ4n) is 1.10. The lowest BCUT2D eigenvalue weighted by atomic mass is 10.3. The minimum absolute atomic E-state index is 0.352. The van der Waals surface area contributed by atoms with E-state index in [1.807, 2.05) is 12.1 Å². The first-order chi connectivity index (χ1) is 6.34. The summed E-state index contributed by atoms with van der Waals surface area (Å²) in [7, 11) is 0. The molecule has 0 N–H and O–H groups in total. The van der Waals surface area contributed by atoms with Gasteiger partial charge in [-0.25, -0.2) is 0 Å². The maximum atomic E-state index is 5.45. The van der Waals surface area contributed by atoms with Crippen LogP contribution in [0, 0.1) is 0 Å². The zero-order valence-electron chi connectivity index (χ0n) is 7.65. The molecule has 0 saturated heterocycles. The predicted octanol–water partition coefficient (Wildman–Crippen LogP) is 3.22. The van der Waals surface area contributed by atoms with E-state index in [4.69, 9.17) is 11.8 Å². The molecule has 1 unspecified atom stereocenters. The van der Waals surface area contributed by atoms with Gasteiger partial charge in [0, 0.05) is 0 Å². The number of unbranched alkanes of at least 4 members (excludes halogenated alkanes) is 1. The molecule has 1 aromatic carbocycles. The van der Waals surface area contributed by atoms with Crippen molar-refractivity contribution in [2.45, 2.75) is 12.8 Å². The van der Waals surface area contributed by atoms with Gasteiger partial charge in [0.1, 0.15) is 6.16 Å². The summed E-state index contributed by atoms with van der Waals surface area (Å²) in [5, 5.41) is 1.33. The van der Waals surface area contributed by atoms with E-state index in [1.54, 1.807) is 0 Å². The van der Waals surface area contributed by atoms with Crippen molar-refractivity contribution in [2.75, 3.05) is 6.16 Å². The van der Waals surface area contributed by atoms with Crippen molar-refractivity contribution < 1.29 is 0 Å². The van der Waals surface area contributed by atoms with Crippen LogP contribution in [0.5, 0.6) is 0 Å². The summed E-state index contributed by atoms with van der Waals surface area (Å²) in [5.74, 6) is 0. The lowest BCUT2D eigenvalue weighted by Crippen LogP contribution is -1.96. The van der Waals surface area contributed by atoms with E-state index < -0.39 is 0 Å². The quantitative estimate of drug-likeness (QED) is 0.407. The van der Waals surface area contributed by atoms with Crippen LogP contribution >= 0.6 is 6.70 Å². The first kappa shape index (κ1) is 10.6. The van der Waals surface area contributed by atoms with Crippen LogP contribution < -0.4 is 5.30 Å². The molecular weight excluding hydrogens is 195 g/mol. The van der Waals surface area contributed by atoms with Crippen LogP contribution in [0.2, 0.25) is 0 Å². The van der Waals surface area contributed by atoms with E-state index in [1.165, 1.54) is 11.7 Å². The van der Waals surface area contributed by atoms with E-state index >= 15 is 0 Å². The molecule has 0 heterocycles. The Hall–Kier alpha value is -0.520. The second-order valence-electron chi connectivity index (χ2n) is 2.87. The topological polar surface area (TPSA) is 0 Å². The van der Waals surface area contributed by atoms with Gasteiger partial charge in [0.15, 0.2) is 17.1 Å². The molecular formula is C11H14PS+. The van der Waals surface area contributed by atoms with E-state index in [-0.39, 0.29) is 6.70 Å². The van der Waals surface area contributed by atoms with Gasteiger partial charge in [-0.2, -0.15) is 0 Å². The van der Waals surface area contributed by atoms with Crippen LogP contribution in [0.3, 0.4) is 0 Å². The second kappa shape index (κ2) is 6.01. The van der Waals surface area contributed by atoms with Crippen LogP contribution in [-0.4, -0.2) is 6.16 Å². The summed E-state index contributed by atoms with van der Waals surface area (Å²) in [6.45, 7) is 3.35. The minimum atomic E-state index is -0.352. The van der Waals surface area contributed by atoms with Crippen LogP contribution in [0.25, 0.3) is 0 Å². The third-order valence-corrected chi connectivity index (χ3v) is 4.59. The Balaban J connectivity index is 2.45. The number of hydrogen-bond acceptors (Lipinski definition) is 1. The number of hydrogen-bond donors (Lipinski definition) is 0. The van der Waals surface area contributed by atoms with Crippen molar-refractivity contribution >= 4 is 23.8 Å². The lowest BCUT2D eigenvalue weighted by molar-refractivity contribution is 0.973. The summed E-state index contributed by atoms with van der Waals surface area (Å²) in [4.78, 5) is 0. The minimum Gasteiger partial charge on any atom is -0.103 e. The first-order valence-corrected chi connectivity index (χ1v) is 6.99. The Bertz CT molecular complexity index is 279. The van der Waals surface area contributed by atoms with Gasteiger partial charge in [-0.3, -0.25) is 0 Å². The Morgan fingerprint density at radius 2 is 2.00 bits per heavy atom. The molecule has 0 radical (unpaired) electrons.